The van der Waals surface area contributed by atoms with Crippen molar-refractivity contribution in [3.05, 3.63) is 34.1 Å². The van der Waals surface area contributed by atoms with Gasteiger partial charge < -0.3 is 9.84 Å². The summed E-state index contributed by atoms with van der Waals surface area (Å²) < 4.78 is 18.9. The Bertz CT molecular complexity index is 455. The molecule has 1 aliphatic rings. The van der Waals surface area contributed by atoms with Crippen molar-refractivity contribution in [2.75, 3.05) is 19.8 Å². The number of aliphatic carboxylic acids is 1. The van der Waals surface area contributed by atoms with E-state index in [0.717, 1.165) is 5.56 Å². The van der Waals surface area contributed by atoms with E-state index < -0.39 is 12.0 Å². The Labute approximate surface area is 112 Å². The van der Waals surface area contributed by atoms with Gasteiger partial charge in [-0.2, -0.15) is 0 Å². The van der Waals surface area contributed by atoms with Crippen LogP contribution in [0.4, 0.5) is 4.39 Å². The van der Waals surface area contributed by atoms with Crippen LogP contribution in [0.25, 0.3) is 0 Å². The predicted octanol–water partition coefficient (Wildman–Crippen LogP) is 1.87. The summed E-state index contributed by atoms with van der Waals surface area (Å²) in [5.41, 5.74) is 0.754. The van der Waals surface area contributed by atoms with Crippen LogP contribution in [-0.4, -0.2) is 41.8 Å². The van der Waals surface area contributed by atoms with E-state index in [4.69, 9.17) is 9.84 Å². The summed E-state index contributed by atoms with van der Waals surface area (Å²) >= 11 is 3.09. The number of hydrogen-bond donors (Lipinski definition) is 1. The number of nitrogens with zero attached hydrogens (tertiary/aromatic N) is 1. The van der Waals surface area contributed by atoms with E-state index in [0.29, 0.717) is 24.2 Å². The van der Waals surface area contributed by atoms with Gasteiger partial charge in [0.05, 0.1) is 17.7 Å². The normalized spacial score (nSPS) is 20.9. The molecule has 1 aliphatic heterocycles. The third kappa shape index (κ3) is 3.07. The van der Waals surface area contributed by atoms with E-state index in [-0.39, 0.29) is 12.4 Å². The van der Waals surface area contributed by atoms with Gasteiger partial charge in [0.2, 0.25) is 0 Å². The lowest BCUT2D eigenvalue weighted by molar-refractivity contribution is -0.150. The lowest BCUT2D eigenvalue weighted by Gasteiger charge is -2.32. The quantitative estimate of drug-likeness (QED) is 0.924. The van der Waals surface area contributed by atoms with Gasteiger partial charge in [0.15, 0.2) is 0 Å². The van der Waals surface area contributed by atoms with E-state index in [9.17, 15) is 9.18 Å². The second kappa shape index (κ2) is 5.77. The second-order valence-electron chi connectivity index (χ2n) is 4.15. The molecule has 1 heterocycles. The lowest BCUT2D eigenvalue weighted by atomic mass is 10.1. The third-order valence-electron chi connectivity index (χ3n) is 2.89. The van der Waals surface area contributed by atoms with Gasteiger partial charge >= 0.3 is 5.97 Å². The van der Waals surface area contributed by atoms with E-state index in [1.807, 2.05) is 0 Å². The molecule has 0 aromatic heterocycles. The maximum absolute atomic E-state index is 13.4. The van der Waals surface area contributed by atoms with Crippen LogP contribution in [0.5, 0.6) is 0 Å². The number of ether oxygens (including phenoxy) is 1. The van der Waals surface area contributed by atoms with Gasteiger partial charge in [-0.1, -0.05) is 6.07 Å². The van der Waals surface area contributed by atoms with Crippen molar-refractivity contribution in [3.63, 3.8) is 0 Å². The molecular weight excluding hydrogens is 305 g/mol. The lowest BCUT2D eigenvalue weighted by Crippen LogP contribution is -2.49. The molecule has 18 heavy (non-hydrogen) atoms. The molecule has 2 rings (SSSR count). The van der Waals surface area contributed by atoms with Crippen LogP contribution in [0.1, 0.15) is 5.56 Å². The van der Waals surface area contributed by atoms with Gasteiger partial charge in [-0.25, -0.2) is 4.39 Å². The fourth-order valence-electron chi connectivity index (χ4n) is 1.93. The van der Waals surface area contributed by atoms with E-state index in [2.05, 4.69) is 15.9 Å². The number of rotatable bonds is 3. The number of benzene rings is 1. The number of halogens is 2. The first-order valence-corrected chi connectivity index (χ1v) is 6.36. The molecule has 0 spiro atoms. The Morgan fingerprint density at radius 3 is 3.06 bits per heavy atom. The van der Waals surface area contributed by atoms with E-state index in [1.54, 1.807) is 17.0 Å². The number of carboxylic acids is 1. The molecule has 0 saturated carbocycles. The molecule has 0 aliphatic carbocycles. The Morgan fingerprint density at radius 2 is 2.39 bits per heavy atom. The van der Waals surface area contributed by atoms with Crippen LogP contribution >= 0.6 is 15.9 Å². The number of hydrogen-bond acceptors (Lipinski definition) is 3. The smallest absolute Gasteiger partial charge is 0.323 e. The molecule has 6 heteroatoms. The Morgan fingerprint density at radius 1 is 1.61 bits per heavy atom. The summed E-state index contributed by atoms with van der Waals surface area (Å²) in [6.07, 6.45) is 0. The van der Waals surface area contributed by atoms with Crippen LogP contribution in [-0.2, 0) is 16.1 Å². The van der Waals surface area contributed by atoms with Crippen LogP contribution in [0.15, 0.2) is 22.7 Å². The summed E-state index contributed by atoms with van der Waals surface area (Å²) in [6.45, 7) is 1.62. The molecule has 1 saturated heterocycles. The first-order valence-electron chi connectivity index (χ1n) is 5.56. The minimum Gasteiger partial charge on any atom is -0.480 e. The van der Waals surface area contributed by atoms with Crippen LogP contribution in [0.3, 0.4) is 0 Å². The third-order valence-corrected chi connectivity index (χ3v) is 3.54. The number of morpholine rings is 1. The van der Waals surface area contributed by atoms with Crippen molar-refractivity contribution < 1.29 is 19.0 Å². The second-order valence-corrected chi connectivity index (χ2v) is 5.00. The molecule has 0 bridgehead atoms. The Balaban J connectivity index is 2.10. The average Bonchev–Trinajstić information content (AvgIpc) is 2.34. The van der Waals surface area contributed by atoms with Crippen molar-refractivity contribution in [2.24, 2.45) is 0 Å². The molecule has 1 aromatic carbocycles. The zero-order valence-corrected chi connectivity index (χ0v) is 11.2. The summed E-state index contributed by atoms with van der Waals surface area (Å²) in [5, 5.41) is 9.08. The first-order chi connectivity index (χ1) is 8.58. The molecule has 1 fully saturated rings. The zero-order valence-electron chi connectivity index (χ0n) is 9.60. The molecule has 0 amide bonds. The average molecular weight is 318 g/mol. The minimum absolute atomic E-state index is 0.175. The molecular formula is C12H13BrFNO3. The fraction of sp³-hybridized carbons (Fsp3) is 0.417. The van der Waals surface area contributed by atoms with E-state index >= 15 is 0 Å². The predicted molar refractivity (Wildman–Crippen MR) is 66.8 cm³/mol. The maximum atomic E-state index is 13.4. The maximum Gasteiger partial charge on any atom is 0.323 e. The molecule has 1 N–H and O–H groups in total. The van der Waals surface area contributed by atoms with Gasteiger partial charge in [-0.05, 0) is 33.6 Å². The summed E-state index contributed by atoms with van der Waals surface area (Å²) in [5.74, 6) is -1.25. The molecule has 98 valence electrons. The highest BCUT2D eigenvalue weighted by molar-refractivity contribution is 9.10. The SMILES string of the molecule is O=C(O)C1COCCN1Cc1ccc(Br)c(F)c1. The number of carboxylic acid groups (broad SMARTS) is 1. The number of carbonyl (C=O) groups is 1. The largest absolute Gasteiger partial charge is 0.480 e. The van der Waals surface area contributed by atoms with Gasteiger partial charge in [0.1, 0.15) is 11.9 Å². The van der Waals surface area contributed by atoms with Gasteiger partial charge in [0, 0.05) is 13.1 Å². The van der Waals surface area contributed by atoms with Gasteiger partial charge in [-0.15, -0.1) is 0 Å². The monoisotopic (exact) mass is 317 g/mol. The topological polar surface area (TPSA) is 49.8 Å². The molecule has 1 aromatic rings. The highest BCUT2D eigenvalue weighted by Gasteiger charge is 2.29. The minimum atomic E-state index is -0.910. The molecule has 1 unspecified atom stereocenters. The highest BCUT2D eigenvalue weighted by atomic mass is 79.9. The molecule has 4 nitrogen and oxygen atoms in total. The Kier molecular flexibility index (Phi) is 4.31. The van der Waals surface area contributed by atoms with Gasteiger partial charge in [-0.3, -0.25) is 9.69 Å². The Hall–Kier alpha value is -0.980. The zero-order chi connectivity index (χ0) is 13.1. The standard InChI is InChI=1S/C12H13BrFNO3/c13-9-2-1-8(5-10(9)14)6-15-3-4-18-7-11(15)12(16)17/h1-2,5,11H,3-4,6-7H2,(H,16,17). The first kappa shape index (κ1) is 13.5. The molecule has 0 radical (unpaired) electrons. The summed E-state index contributed by atoms with van der Waals surface area (Å²) in [4.78, 5) is 12.9. The van der Waals surface area contributed by atoms with Crippen molar-refractivity contribution in [3.8, 4) is 0 Å². The van der Waals surface area contributed by atoms with Crippen molar-refractivity contribution in [1.82, 2.24) is 4.90 Å². The van der Waals surface area contributed by atoms with Crippen LogP contribution in [0.2, 0.25) is 0 Å². The van der Waals surface area contributed by atoms with Gasteiger partial charge in [0.25, 0.3) is 0 Å². The molecule has 1 atom stereocenters. The van der Waals surface area contributed by atoms with Crippen molar-refractivity contribution >= 4 is 21.9 Å². The van der Waals surface area contributed by atoms with Crippen molar-refractivity contribution in [2.45, 2.75) is 12.6 Å². The van der Waals surface area contributed by atoms with Crippen molar-refractivity contribution in [1.29, 1.82) is 0 Å². The van der Waals surface area contributed by atoms with Crippen LogP contribution in [0, 0.1) is 5.82 Å². The highest BCUT2D eigenvalue weighted by Crippen LogP contribution is 2.19. The fourth-order valence-corrected chi connectivity index (χ4v) is 2.17. The van der Waals surface area contributed by atoms with E-state index in [1.165, 1.54) is 6.07 Å². The summed E-state index contributed by atoms with van der Waals surface area (Å²) in [7, 11) is 0. The van der Waals surface area contributed by atoms with Crippen LogP contribution < -0.4 is 0 Å². The summed E-state index contributed by atoms with van der Waals surface area (Å²) in [6, 6.07) is 4.16.